The Labute approximate surface area is 123 Å². The fourth-order valence-corrected chi connectivity index (χ4v) is 3.70. The van der Waals surface area contributed by atoms with E-state index in [1.165, 1.54) is 0 Å². The Morgan fingerprint density at radius 1 is 1.24 bits per heavy atom. The van der Waals surface area contributed by atoms with Crippen LogP contribution in [0.3, 0.4) is 0 Å². The van der Waals surface area contributed by atoms with E-state index in [0.29, 0.717) is 25.9 Å². The molecule has 21 heavy (non-hydrogen) atoms. The maximum Gasteiger partial charge on any atom is 0.322 e. The van der Waals surface area contributed by atoms with Crippen molar-refractivity contribution in [3.05, 3.63) is 0 Å². The number of amides is 4. The molecule has 0 aromatic heterocycles. The van der Waals surface area contributed by atoms with Gasteiger partial charge in [0.05, 0.1) is 0 Å². The van der Waals surface area contributed by atoms with Gasteiger partial charge in [-0.3, -0.25) is 14.9 Å². The normalized spacial score (nSPS) is 32.0. The van der Waals surface area contributed by atoms with Crippen LogP contribution in [0.15, 0.2) is 0 Å². The highest BCUT2D eigenvalue weighted by atomic mass is 16.2. The SMILES string of the molecule is NC1CCCC(C(=O)N2CCC3(CC2)NC(=O)NC3=O)C1. The second kappa shape index (κ2) is 5.29. The van der Waals surface area contributed by atoms with E-state index in [2.05, 4.69) is 10.6 Å². The summed E-state index contributed by atoms with van der Waals surface area (Å²) in [6.07, 6.45) is 4.64. The van der Waals surface area contributed by atoms with Gasteiger partial charge in [0.15, 0.2) is 0 Å². The molecule has 7 heteroatoms. The molecular formula is C14H22N4O3. The molecule has 2 saturated heterocycles. The van der Waals surface area contributed by atoms with Crippen LogP contribution in [-0.4, -0.2) is 47.4 Å². The molecule has 2 atom stereocenters. The van der Waals surface area contributed by atoms with Crippen LogP contribution >= 0.6 is 0 Å². The number of nitrogens with one attached hydrogen (secondary N) is 2. The van der Waals surface area contributed by atoms with Gasteiger partial charge in [0.1, 0.15) is 5.54 Å². The summed E-state index contributed by atoms with van der Waals surface area (Å²) in [7, 11) is 0. The quantitative estimate of drug-likeness (QED) is 0.578. The lowest BCUT2D eigenvalue weighted by molar-refractivity contribution is -0.140. The van der Waals surface area contributed by atoms with E-state index in [0.717, 1.165) is 25.7 Å². The number of urea groups is 1. The van der Waals surface area contributed by atoms with E-state index >= 15 is 0 Å². The summed E-state index contributed by atoms with van der Waals surface area (Å²) in [5, 5.41) is 4.99. The van der Waals surface area contributed by atoms with Crippen molar-refractivity contribution in [3.63, 3.8) is 0 Å². The lowest BCUT2D eigenvalue weighted by atomic mass is 9.83. The van der Waals surface area contributed by atoms with Crippen molar-refractivity contribution < 1.29 is 14.4 Å². The van der Waals surface area contributed by atoms with Gasteiger partial charge in [0, 0.05) is 25.0 Å². The van der Waals surface area contributed by atoms with Gasteiger partial charge in [-0.05, 0) is 32.1 Å². The largest absolute Gasteiger partial charge is 0.342 e. The fourth-order valence-electron chi connectivity index (χ4n) is 3.70. The average Bonchev–Trinajstić information content (AvgIpc) is 2.73. The van der Waals surface area contributed by atoms with Crippen LogP contribution in [0.25, 0.3) is 0 Å². The number of hydrogen-bond donors (Lipinski definition) is 3. The van der Waals surface area contributed by atoms with Crippen LogP contribution in [0.5, 0.6) is 0 Å². The minimum absolute atomic E-state index is 0.0230. The summed E-state index contributed by atoms with van der Waals surface area (Å²) in [5.74, 6) is -0.0844. The molecule has 1 spiro atoms. The van der Waals surface area contributed by atoms with Gasteiger partial charge in [0.25, 0.3) is 5.91 Å². The number of likely N-dealkylation sites (tertiary alicyclic amines) is 1. The van der Waals surface area contributed by atoms with Gasteiger partial charge in [-0.25, -0.2) is 4.79 Å². The number of piperidine rings is 1. The van der Waals surface area contributed by atoms with Crippen molar-refractivity contribution in [1.82, 2.24) is 15.5 Å². The first-order valence-corrected chi connectivity index (χ1v) is 7.68. The number of carbonyl (C=O) groups is 3. The number of rotatable bonds is 1. The van der Waals surface area contributed by atoms with Gasteiger partial charge in [-0.2, -0.15) is 0 Å². The smallest absolute Gasteiger partial charge is 0.322 e. The molecule has 1 saturated carbocycles. The van der Waals surface area contributed by atoms with E-state index < -0.39 is 11.6 Å². The van der Waals surface area contributed by atoms with E-state index in [1.807, 2.05) is 4.90 Å². The van der Waals surface area contributed by atoms with E-state index in [4.69, 9.17) is 5.73 Å². The zero-order chi connectivity index (χ0) is 15.0. The molecular weight excluding hydrogens is 272 g/mol. The summed E-state index contributed by atoms with van der Waals surface area (Å²) >= 11 is 0. The molecule has 0 aromatic rings. The molecule has 2 aliphatic heterocycles. The highest BCUT2D eigenvalue weighted by molar-refractivity contribution is 6.07. The predicted octanol–water partition coefficient (Wildman–Crippen LogP) is -0.295. The van der Waals surface area contributed by atoms with Gasteiger partial charge in [0.2, 0.25) is 5.91 Å². The molecule has 0 aromatic carbocycles. The van der Waals surface area contributed by atoms with E-state index in [-0.39, 0.29) is 23.8 Å². The number of nitrogens with zero attached hydrogens (tertiary/aromatic N) is 1. The van der Waals surface area contributed by atoms with Gasteiger partial charge >= 0.3 is 6.03 Å². The van der Waals surface area contributed by atoms with Crippen LogP contribution in [0.1, 0.15) is 38.5 Å². The Balaban J connectivity index is 1.59. The van der Waals surface area contributed by atoms with Gasteiger partial charge in [-0.1, -0.05) is 6.42 Å². The molecule has 0 bridgehead atoms. The molecule has 1 aliphatic carbocycles. The van der Waals surface area contributed by atoms with E-state index in [1.54, 1.807) is 0 Å². The molecule has 2 unspecified atom stereocenters. The summed E-state index contributed by atoms with van der Waals surface area (Å²) < 4.78 is 0. The first-order chi connectivity index (χ1) is 10.00. The van der Waals surface area contributed by atoms with Crippen molar-refractivity contribution in [3.8, 4) is 0 Å². The van der Waals surface area contributed by atoms with Gasteiger partial charge < -0.3 is 16.0 Å². The standard InChI is InChI=1S/C14H22N4O3/c15-10-3-1-2-9(8-10)11(19)18-6-4-14(5-7-18)12(20)16-13(21)17-14/h9-10H,1-8,15H2,(H2,16,17,20,21). The third-order valence-electron chi connectivity index (χ3n) is 5.01. The highest BCUT2D eigenvalue weighted by Crippen LogP contribution is 2.29. The molecule has 0 radical (unpaired) electrons. The average molecular weight is 294 g/mol. The molecule has 4 N–H and O–H groups in total. The van der Waals surface area contributed by atoms with Crippen molar-refractivity contribution in [1.29, 1.82) is 0 Å². The number of hydrogen-bond acceptors (Lipinski definition) is 4. The summed E-state index contributed by atoms with van der Waals surface area (Å²) in [5.41, 5.74) is 5.14. The van der Waals surface area contributed by atoms with Crippen LogP contribution in [0.2, 0.25) is 0 Å². The van der Waals surface area contributed by atoms with Crippen LogP contribution in [0.4, 0.5) is 4.79 Å². The maximum atomic E-state index is 12.5. The third-order valence-corrected chi connectivity index (χ3v) is 5.01. The second-order valence-corrected chi connectivity index (χ2v) is 6.44. The number of imide groups is 1. The predicted molar refractivity (Wildman–Crippen MR) is 75.2 cm³/mol. The second-order valence-electron chi connectivity index (χ2n) is 6.44. The first kappa shape index (κ1) is 14.3. The summed E-state index contributed by atoms with van der Waals surface area (Å²) in [6.45, 7) is 1.02. The maximum absolute atomic E-state index is 12.5. The zero-order valence-corrected chi connectivity index (χ0v) is 12.1. The monoisotopic (exact) mass is 294 g/mol. The lowest BCUT2D eigenvalue weighted by Crippen LogP contribution is -2.56. The van der Waals surface area contributed by atoms with Crippen molar-refractivity contribution in [2.24, 2.45) is 11.7 Å². The minimum Gasteiger partial charge on any atom is -0.342 e. The Hall–Kier alpha value is -1.63. The van der Waals surface area contributed by atoms with Crippen molar-refractivity contribution in [2.45, 2.75) is 50.1 Å². The zero-order valence-electron chi connectivity index (χ0n) is 12.1. The third kappa shape index (κ3) is 2.62. The Kier molecular flexibility index (Phi) is 3.61. The van der Waals surface area contributed by atoms with Crippen molar-refractivity contribution in [2.75, 3.05) is 13.1 Å². The number of carbonyl (C=O) groups excluding carboxylic acids is 3. The Bertz CT molecular complexity index is 471. The molecule has 3 fully saturated rings. The van der Waals surface area contributed by atoms with Crippen LogP contribution < -0.4 is 16.4 Å². The topological polar surface area (TPSA) is 105 Å². The molecule has 2 heterocycles. The fraction of sp³-hybridized carbons (Fsp3) is 0.786. The first-order valence-electron chi connectivity index (χ1n) is 7.68. The number of nitrogens with two attached hydrogens (primary N) is 1. The Morgan fingerprint density at radius 2 is 1.95 bits per heavy atom. The molecule has 3 aliphatic rings. The Morgan fingerprint density at radius 3 is 2.52 bits per heavy atom. The van der Waals surface area contributed by atoms with E-state index in [9.17, 15) is 14.4 Å². The van der Waals surface area contributed by atoms with Crippen LogP contribution in [0, 0.1) is 5.92 Å². The molecule has 116 valence electrons. The minimum atomic E-state index is -0.809. The molecule has 4 amide bonds. The van der Waals surface area contributed by atoms with Gasteiger partial charge in [-0.15, -0.1) is 0 Å². The lowest BCUT2D eigenvalue weighted by Gasteiger charge is -2.39. The summed E-state index contributed by atoms with van der Waals surface area (Å²) in [6, 6.07) is -0.304. The summed E-state index contributed by atoms with van der Waals surface area (Å²) in [4.78, 5) is 37.5. The molecule has 3 rings (SSSR count). The van der Waals surface area contributed by atoms with Crippen LogP contribution in [-0.2, 0) is 9.59 Å². The highest BCUT2D eigenvalue weighted by Gasteiger charge is 2.48. The molecule has 7 nitrogen and oxygen atoms in total. The van der Waals surface area contributed by atoms with Crippen molar-refractivity contribution >= 4 is 17.8 Å².